The highest BCUT2D eigenvalue weighted by molar-refractivity contribution is 5.76. The van der Waals surface area contributed by atoms with E-state index in [-0.39, 0.29) is 11.6 Å². The van der Waals surface area contributed by atoms with Gasteiger partial charge in [0.25, 0.3) is 5.56 Å². The normalized spacial score (nSPS) is 10.4. The molecule has 3 aromatic rings. The summed E-state index contributed by atoms with van der Waals surface area (Å²) in [5, 5.41) is 0.475. The van der Waals surface area contributed by atoms with Gasteiger partial charge in [0.1, 0.15) is 5.75 Å². The molecular weight excluding hydrogens is 232 g/mol. The van der Waals surface area contributed by atoms with Crippen LogP contribution in [0.5, 0.6) is 11.8 Å². The molecule has 18 heavy (non-hydrogen) atoms. The molecule has 3 rings (SSSR count). The van der Waals surface area contributed by atoms with E-state index in [4.69, 9.17) is 4.74 Å². The largest absolute Gasteiger partial charge is 0.424 e. The fraction of sp³-hybridized carbons (Fsp3) is 0. The molecule has 1 N–H and O–H groups in total. The first-order valence-corrected chi connectivity index (χ1v) is 5.25. The minimum atomic E-state index is -0.263. The van der Waals surface area contributed by atoms with E-state index < -0.39 is 0 Å². The van der Waals surface area contributed by atoms with Gasteiger partial charge in [0.05, 0.1) is 23.3 Å². The zero-order valence-electron chi connectivity index (χ0n) is 9.20. The van der Waals surface area contributed by atoms with Gasteiger partial charge in [-0.2, -0.15) is 4.98 Å². The SMILES string of the molecule is O=c1[nH]c(Oc2cccnc2)nc2cnccc12. The van der Waals surface area contributed by atoms with Gasteiger partial charge in [-0.1, -0.05) is 0 Å². The van der Waals surface area contributed by atoms with Crippen molar-refractivity contribution in [3.8, 4) is 11.8 Å². The van der Waals surface area contributed by atoms with Crippen LogP contribution in [0, 0.1) is 0 Å². The van der Waals surface area contributed by atoms with Gasteiger partial charge in [0.15, 0.2) is 0 Å². The van der Waals surface area contributed by atoms with Gasteiger partial charge in [-0.3, -0.25) is 19.7 Å². The maximum Gasteiger partial charge on any atom is 0.302 e. The molecule has 3 heterocycles. The molecule has 0 radical (unpaired) electrons. The molecule has 0 atom stereocenters. The molecule has 3 aromatic heterocycles. The lowest BCUT2D eigenvalue weighted by atomic mass is 10.3. The molecule has 6 nitrogen and oxygen atoms in total. The second-order valence-corrected chi connectivity index (χ2v) is 3.55. The molecule has 0 aliphatic heterocycles. The van der Waals surface area contributed by atoms with Gasteiger partial charge in [0, 0.05) is 12.4 Å². The third-order valence-corrected chi connectivity index (χ3v) is 2.34. The fourth-order valence-electron chi connectivity index (χ4n) is 1.54. The van der Waals surface area contributed by atoms with Crippen LogP contribution in [0.1, 0.15) is 0 Å². The predicted molar refractivity (Wildman–Crippen MR) is 64.5 cm³/mol. The van der Waals surface area contributed by atoms with Crippen LogP contribution in [0.25, 0.3) is 10.9 Å². The lowest BCUT2D eigenvalue weighted by Crippen LogP contribution is -2.09. The van der Waals surface area contributed by atoms with Gasteiger partial charge in [-0.05, 0) is 18.2 Å². The number of rotatable bonds is 2. The number of hydrogen-bond acceptors (Lipinski definition) is 5. The summed E-state index contributed by atoms with van der Waals surface area (Å²) in [5.41, 5.74) is 0.224. The van der Waals surface area contributed by atoms with Crippen LogP contribution in [0.15, 0.2) is 47.8 Å². The Balaban J connectivity index is 2.06. The Morgan fingerprint density at radius 3 is 2.83 bits per heavy atom. The zero-order chi connectivity index (χ0) is 12.4. The van der Waals surface area contributed by atoms with Crippen molar-refractivity contribution in [2.45, 2.75) is 0 Å². The monoisotopic (exact) mass is 240 g/mol. The first-order valence-electron chi connectivity index (χ1n) is 5.25. The van der Waals surface area contributed by atoms with E-state index in [0.717, 1.165) is 0 Å². The van der Waals surface area contributed by atoms with E-state index in [9.17, 15) is 4.79 Å². The molecule has 0 aromatic carbocycles. The molecule has 0 spiro atoms. The smallest absolute Gasteiger partial charge is 0.302 e. The van der Waals surface area contributed by atoms with Crippen LogP contribution in [0.3, 0.4) is 0 Å². The molecule has 6 heteroatoms. The van der Waals surface area contributed by atoms with Crippen molar-refractivity contribution in [1.82, 2.24) is 19.9 Å². The van der Waals surface area contributed by atoms with E-state index in [2.05, 4.69) is 19.9 Å². The number of pyridine rings is 2. The maximum absolute atomic E-state index is 11.8. The van der Waals surface area contributed by atoms with E-state index >= 15 is 0 Å². The summed E-state index contributed by atoms with van der Waals surface area (Å²) in [6, 6.07) is 5.18. The quantitative estimate of drug-likeness (QED) is 0.734. The molecule has 0 amide bonds. The average Bonchev–Trinajstić information content (AvgIpc) is 2.40. The highest BCUT2D eigenvalue weighted by atomic mass is 16.5. The lowest BCUT2D eigenvalue weighted by Gasteiger charge is -2.04. The van der Waals surface area contributed by atoms with Crippen LogP contribution in [0.4, 0.5) is 0 Å². The van der Waals surface area contributed by atoms with Crippen molar-refractivity contribution < 1.29 is 4.74 Å². The predicted octanol–water partition coefficient (Wildman–Crippen LogP) is 1.51. The van der Waals surface area contributed by atoms with E-state index in [1.807, 2.05) is 0 Å². The van der Waals surface area contributed by atoms with Gasteiger partial charge < -0.3 is 4.74 Å². The molecule has 88 valence electrons. The Labute approximate surface area is 101 Å². The summed E-state index contributed by atoms with van der Waals surface area (Å²) in [7, 11) is 0. The van der Waals surface area contributed by atoms with Crippen LogP contribution < -0.4 is 10.3 Å². The number of fused-ring (bicyclic) bond motifs is 1. The highest BCUT2D eigenvalue weighted by Crippen LogP contribution is 2.16. The third-order valence-electron chi connectivity index (χ3n) is 2.34. The Hall–Kier alpha value is -2.76. The Kier molecular flexibility index (Phi) is 2.45. The number of hydrogen-bond donors (Lipinski definition) is 1. The van der Waals surface area contributed by atoms with Gasteiger partial charge in [-0.15, -0.1) is 0 Å². The molecule has 0 aliphatic carbocycles. The molecule has 0 saturated heterocycles. The van der Waals surface area contributed by atoms with E-state index in [1.165, 1.54) is 12.4 Å². The maximum atomic E-state index is 11.8. The summed E-state index contributed by atoms with van der Waals surface area (Å²) >= 11 is 0. The zero-order valence-corrected chi connectivity index (χ0v) is 9.20. The van der Waals surface area contributed by atoms with Crippen LogP contribution in [-0.2, 0) is 0 Å². The standard InChI is InChI=1S/C12H8N4O2/c17-11-9-3-5-14-7-10(9)15-12(16-11)18-8-2-1-4-13-6-8/h1-7H,(H,15,16,17). The van der Waals surface area contributed by atoms with Gasteiger partial charge in [0.2, 0.25) is 0 Å². The van der Waals surface area contributed by atoms with Gasteiger partial charge >= 0.3 is 6.01 Å². The molecule has 0 fully saturated rings. The average molecular weight is 240 g/mol. The number of nitrogens with one attached hydrogen (secondary N) is 1. The lowest BCUT2D eigenvalue weighted by molar-refractivity contribution is 0.441. The number of H-pyrrole nitrogens is 1. The summed E-state index contributed by atoms with van der Waals surface area (Å²) < 4.78 is 5.41. The first kappa shape index (κ1) is 10.4. The highest BCUT2D eigenvalue weighted by Gasteiger charge is 2.05. The number of ether oxygens (including phenoxy) is 1. The number of nitrogens with zero attached hydrogens (tertiary/aromatic N) is 3. The van der Waals surface area contributed by atoms with Crippen LogP contribution >= 0.6 is 0 Å². The van der Waals surface area contributed by atoms with Crippen molar-refractivity contribution in [3.05, 3.63) is 53.3 Å². The summed E-state index contributed by atoms with van der Waals surface area (Å²) in [4.78, 5) is 26.3. The number of aromatic amines is 1. The van der Waals surface area contributed by atoms with Crippen LogP contribution in [-0.4, -0.2) is 19.9 Å². The minimum absolute atomic E-state index is 0.119. The Morgan fingerprint density at radius 1 is 1.11 bits per heavy atom. The fourth-order valence-corrected chi connectivity index (χ4v) is 1.54. The Bertz CT molecular complexity index is 740. The second kappa shape index (κ2) is 4.25. The molecule has 0 aliphatic rings. The second-order valence-electron chi connectivity index (χ2n) is 3.55. The summed E-state index contributed by atoms with van der Waals surface area (Å²) in [5.74, 6) is 0.504. The van der Waals surface area contributed by atoms with Crippen molar-refractivity contribution >= 4 is 10.9 Å². The summed E-state index contributed by atoms with van der Waals surface area (Å²) in [6.07, 6.45) is 6.22. The van der Waals surface area contributed by atoms with E-state index in [1.54, 1.807) is 30.6 Å². The molecule has 0 unspecified atom stereocenters. The molecule has 0 bridgehead atoms. The Morgan fingerprint density at radius 2 is 2.00 bits per heavy atom. The molecule has 0 saturated carbocycles. The van der Waals surface area contributed by atoms with Crippen molar-refractivity contribution in [2.75, 3.05) is 0 Å². The van der Waals surface area contributed by atoms with E-state index in [0.29, 0.717) is 16.7 Å². The molecular formula is C12H8N4O2. The topological polar surface area (TPSA) is 80.8 Å². The third kappa shape index (κ3) is 1.91. The van der Waals surface area contributed by atoms with Crippen molar-refractivity contribution in [1.29, 1.82) is 0 Å². The van der Waals surface area contributed by atoms with Crippen LogP contribution in [0.2, 0.25) is 0 Å². The number of aromatic nitrogens is 4. The van der Waals surface area contributed by atoms with Crippen molar-refractivity contribution in [3.63, 3.8) is 0 Å². The summed E-state index contributed by atoms with van der Waals surface area (Å²) in [6.45, 7) is 0. The van der Waals surface area contributed by atoms with Gasteiger partial charge in [-0.25, -0.2) is 0 Å². The first-order chi connectivity index (χ1) is 8.83. The minimum Gasteiger partial charge on any atom is -0.424 e. The van der Waals surface area contributed by atoms with Crippen molar-refractivity contribution in [2.24, 2.45) is 0 Å².